The van der Waals surface area contributed by atoms with Crippen molar-refractivity contribution < 1.29 is 5.11 Å². The van der Waals surface area contributed by atoms with Crippen LogP contribution in [-0.4, -0.2) is 27.7 Å². The second-order valence-corrected chi connectivity index (χ2v) is 7.37. The van der Waals surface area contributed by atoms with Crippen molar-refractivity contribution in [2.75, 3.05) is 11.9 Å². The summed E-state index contributed by atoms with van der Waals surface area (Å²) in [7, 11) is 0. The van der Waals surface area contributed by atoms with Crippen molar-refractivity contribution in [1.29, 1.82) is 0 Å². The lowest BCUT2D eigenvalue weighted by molar-refractivity contribution is 0.475. The van der Waals surface area contributed by atoms with Gasteiger partial charge in [-0.15, -0.1) is 0 Å². The first kappa shape index (κ1) is 20.1. The topological polar surface area (TPSA) is 70.1 Å². The van der Waals surface area contributed by atoms with Crippen LogP contribution in [-0.2, 0) is 13.0 Å². The first-order chi connectivity index (χ1) is 13.5. The molecule has 1 heterocycles. The van der Waals surface area contributed by atoms with Crippen LogP contribution in [0.2, 0.25) is 5.02 Å². The van der Waals surface area contributed by atoms with Crippen LogP contribution in [0.5, 0.6) is 5.75 Å². The lowest BCUT2D eigenvalue weighted by Gasteiger charge is -2.10. The highest BCUT2D eigenvalue weighted by Crippen LogP contribution is 2.24. The second-order valence-electron chi connectivity index (χ2n) is 6.96. The molecule has 0 amide bonds. The van der Waals surface area contributed by atoms with Gasteiger partial charge in [-0.2, -0.15) is 0 Å². The minimum absolute atomic E-state index is 0.0974. The van der Waals surface area contributed by atoms with Gasteiger partial charge in [-0.3, -0.25) is 0 Å². The Kier molecular flexibility index (Phi) is 6.85. The van der Waals surface area contributed by atoms with Gasteiger partial charge in [0.15, 0.2) is 0 Å². The summed E-state index contributed by atoms with van der Waals surface area (Å²) in [4.78, 5) is 8.94. The van der Waals surface area contributed by atoms with Gasteiger partial charge < -0.3 is 15.7 Å². The van der Waals surface area contributed by atoms with Crippen molar-refractivity contribution in [3.05, 3.63) is 70.9 Å². The van der Waals surface area contributed by atoms with Gasteiger partial charge in [0.1, 0.15) is 5.75 Å². The van der Waals surface area contributed by atoms with Crippen LogP contribution in [0.15, 0.2) is 54.7 Å². The quantitative estimate of drug-likeness (QED) is 0.516. The van der Waals surface area contributed by atoms with Gasteiger partial charge in [0.2, 0.25) is 5.95 Å². The molecule has 6 heteroatoms. The summed E-state index contributed by atoms with van der Waals surface area (Å²) >= 11 is 5.95. The highest BCUT2D eigenvalue weighted by molar-refractivity contribution is 6.32. The van der Waals surface area contributed by atoms with Crippen molar-refractivity contribution in [3.8, 4) is 17.0 Å². The maximum absolute atomic E-state index is 9.49. The molecule has 0 saturated heterocycles. The fourth-order valence-electron chi connectivity index (χ4n) is 2.79. The predicted molar refractivity (Wildman–Crippen MR) is 115 cm³/mol. The van der Waals surface area contributed by atoms with Crippen molar-refractivity contribution in [2.45, 2.75) is 32.9 Å². The molecule has 0 saturated carbocycles. The molecule has 0 radical (unpaired) electrons. The lowest BCUT2D eigenvalue weighted by atomic mass is 10.1. The van der Waals surface area contributed by atoms with E-state index in [2.05, 4.69) is 58.7 Å². The van der Waals surface area contributed by atoms with E-state index >= 15 is 0 Å². The number of aromatic hydroxyl groups is 1. The third-order valence-corrected chi connectivity index (χ3v) is 4.60. The molecule has 0 fully saturated rings. The molecule has 3 aromatic rings. The zero-order valence-electron chi connectivity index (χ0n) is 16.1. The monoisotopic (exact) mass is 396 g/mol. The number of aromatic nitrogens is 2. The molecular weight excluding hydrogens is 372 g/mol. The molecule has 5 nitrogen and oxygen atoms in total. The summed E-state index contributed by atoms with van der Waals surface area (Å²) in [5.74, 6) is 0.688. The second kappa shape index (κ2) is 9.53. The molecular formula is C22H25ClN4O. The normalized spacial score (nSPS) is 11.0. The Balaban J connectivity index is 1.63. The van der Waals surface area contributed by atoms with E-state index in [0.717, 1.165) is 29.8 Å². The van der Waals surface area contributed by atoms with Crippen LogP contribution in [0.3, 0.4) is 0 Å². The molecule has 0 bridgehead atoms. The van der Waals surface area contributed by atoms with E-state index in [1.54, 1.807) is 18.3 Å². The van der Waals surface area contributed by atoms with Gasteiger partial charge in [-0.05, 0) is 41.8 Å². The number of nitrogens with one attached hydrogen (secondary N) is 2. The maximum Gasteiger partial charge on any atom is 0.223 e. The summed E-state index contributed by atoms with van der Waals surface area (Å²) in [6.45, 7) is 5.77. The number of rotatable bonds is 8. The van der Waals surface area contributed by atoms with Crippen molar-refractivity contribution in [1.82, 2.24) is 15.3 Å². The largest absolute Gasteiger partial charge is 0.506 e. The Labute approximate surface area is 170 Å². The Hall–Kier alpha value is -2.63. The van der Waals surface area contributed by atoms with E-state index in [-0.39, 0.29) is 5.75 Å². The standard InChI is InChI=1S/C22H25ClN4O/c1-15(2)26-14-17-4-3-5-18(12-17)20-9-11-25-22(27-20)24-10-8-16-6-7-21(28)19(23)13-16/h3-7,9,11-13,15,26,28H,8,10,14H2,1-2H3,(H,24,25,27). The first-order valence-corrected chi connectivity index (χ1v) is 9.76. The number of anilines is 1. The fraction of sp³-hybridized carbons (Fsp3) is 0.273. The Morgan fingerprint density at radius 1 is 1.07 bits per heavy atom. The van der Waals surface area contributed by atoms with Gasteiger partial charge in [0.05, 0.1) is 10.7 Å². The van der Waals surface area contributed by atoms with Gasteiger partial charge in [-0.1, -0.05) is 49.7 Å². The highest BCUT2D eigenvalue weighted by atomic mass is 35.5. The summed E-state index contributed by atoms with van der Waals surface area (Å²) in [5.41, 5.74) is 4.22. The molecule has 3 N–H and O–H groups in total. The van der Waals surface area contributed by atoms with Crippen LogP contribution in [0.1, 0.15) is 25.0 Å². The average Bonchev–Trinajstić information content (AvgIpc) is 2.69. The Morgan fingerprint density at radius 3 is 2.71 bits per heavy atom. The van der Waals surface area contributed by atoms with Crippen molar-refractivity contribution in [3.63, 3.8) is 0 Å². The van der Waals surface area contributed by atoms with Crippen LogP contribution < -0.4 is 10.6 Å². The Morgan fingerprint density at radius 2 is 1.93 bits per heavy atom. The third-order valence-electron chi connectivity index (χ3n) is 4.30. The molecule has 0 unspecified atom stereocenters. The molecule has 0 aliphatic heterocycles. The molecule has 146 valence electrons. The first-order valence-electron chi connectivity index (χ1n) is 9.38. The average molecular weight is 397 g/mol. The molecule has 0 aliphatic carbocycles. The molecule has 0 atom stereocenters. The van der Waals surface area contributed by atoms with Gasteiger partial charge >= 0.3 is 0 Å². The molecule has 1 aromatic heterocycles. The van der Waals surface area contributed by atoms with E-state index < -0.39 is 0 Å². The zero-order chi connectivity index (χ0) is 19.9. The number of halogens is 1. The number of phenols is 1. The number of benzene rings is 2. The zero-order valence-corrected chi connectivity index (χ0v) is 16.9. The smallest absolute Gasteiger partial charge is 0.223 e. The van der Waals surface area contributed by atoms with E-state index in [4.69, 9.17) is 11.6 Å². The summed E-state index contributed by atoms with van der Waals surface area (Å²) in [5, 5.41) is 16.5. The van der Waals surface area contributed by atoms with Gasteiger partial charge in [-0.25, -0.2) is 9.97 Å². The van der Waals surface area contributed by atoms with Crippen LogP contribution in [0, 0.1) is 0 Å². The van der Waals surface area contributed by atoms with E-state index in [0.29, 0.717) is 23.6 Å². The predicted octanol–water partition coefficient (Wildman–Crippen LogP) is 4.66. The minimum Gasteiger partial charge on any atom is -0.506 e. The maximum atomic E-state index is 9.49. The third kappa shape index (κ3) is 5.68. The number of phenolic OH excluding ortho intramolecular Hbond substituents is 1. The number of hydrogen-bond donors (Lipinski definition) is 3. The highest BCUT2D eigenvalue weighted by Gasteiger charge is 2.05. The van der Waals surface area contributed by atoms with Crippen molar-refractivity contribution in [2.24, 2.45) is 0 Å². The molecule has 0 aliphatic rings. The van der Waals surface area contributed by atoms with E-state index in [9.17, 15) is 5.11 Å². The van der Waals surface area contributed by atoms with E-state index in [1.807, 2.05) is 12.1 Å². The molecule has 28 heavy (non-hydrogen) atoms. The van der Waals surface area contributed by atoms with Crippen LogP contribution >= 0.6 is 11.6 Å². The molecule has 3 rings (SSSR count). The van der Waals surface area contributed by atoms with Gasteiger partial charge in [0, 0.05) is 30.9 Å². The van der Waals surface area contributed by atoms with Crippen molar-refractivity contribution >= 4 is 17.5 Å². The lowest BCUT2D eigenvalue weighted by Crippen LogP contribution is -2.21. The minimum atomic E-state index is 0.0974. The van der Waals surface area contributed by atoms with Gasteiger partial charge in [0.25, 0.3) is 0 Å². The fourth-order valence-corrected chi connectivity index (χ4v) is 2.99. The number of hydrogen-bond acceptors (Lipinski definition) is 5. The molecule has 0 spiro atoms. The van der Waals surface area contributed by atoms with Crippen LogP contribution in [0.4, 0.5) is 5.95 Å². The van der Waals surface area contributed by atoms with Crippen LogP contribution in [0.25, 0.3) is 11.3 Å². The summed E-state index contributed by atoms with van der Waals surface area (Å²) in [6.07, 6.45) is 2.52. The molecule has 2 aromatic carbocycles. The summed E-state index contributed by atoms with van der Waals surface area (Å²) in [6, 6.07) is 16.0. The number of nitrogens with zero attached hydrogens (tertiary/aromatic N) is 2. The SMILES string of the molecule is CC(C)NCc1cccc(-c2ccnc(NCCc3ccc(O)c(Cl)c3)n2)c1. The summed E-state index contributed by atoms with van der Waals surface area (Å²) < 4.78 is 0. The Bertz CT molecular complexity index is 930. The van der Waals surface area contributed by atoms with E-state index in [1.165, 1.54) is 5.56 Å².